The van der Waals surface area contributed by atoms with Gasteiger partial charge in [0.1, 0.15) is 0 Å². The number of benzene rings is 1. The Balaban J connectivity index is 1.82. The molecule has 2 unspecified atom stereocenters. The van der Waals surface area contributed by atoms with Gasteiger partial charge in [-0.15, -0.1) is 0 Å². The molecule has 3 nitrogen and oxygen atoms in total. The SMILES string of the molecule is CC1C(N)CCN1Cc1ccc2ncccc2c1. The molecule has 0 aliphatic carbocycles. The molecule has 1 fully saturated rings. The average Bonchev–Trinajstić information content (AvgIpc) is 2.71. The van der Waals surface area contributed by atoms with E-state index in [-0.39, 0.29) is 0 Å². The second-order valence-corrected chi connectivity index (χ2v) is 5.19. The van der Waals surface area contributed by atoms with E-state index in [1.165, 1.54) is 10.9 Å². The molecule has 3 heteroatoms. The largest absolute Gasteiger partial charge is 0.326 e. The monoisotopic (exact) mass is 241 g/mol. The summed E-state index contributed by atoms with van der Waals surface area (Å²) in [5.41, 5.74) is 8.47. The van der Waals surface area contributed by atoms with E-state index >= 15 is 0 Å². The van der Waals surface area contributed by atoms with E-state index in [9.17, 15) is 0 Å². The zero-order valence-corrected chi connectivity index (χ0v) is 10.7. The number of nitrogens with two attached hydrogens (primary N) is 1. The van der Waals surface area contributed by atoms with Gasteiger partial charge in [-0.25, -0.2) is 0 Å². The quantitative estimate of drug-likeness (QED) is 0.876. The first-order chi connectivity index (χ1) is 8.74. The third-order valence-electron chi connectivity index (χ3n) is 4.00. The van der Waals surface area contributed by atoms with E-state index in [2.05, 4.69) is 41.1 Å². The molecule has 0 amide bonds. The fraction of sp³-hybridized carbons (Fsp3) is 0.400. The Morgan fingerprint density at radius 1 is 1.39 bits per heavy atom. The molecule has 2 N–H and O–H groups in total. The summed E-state index contributed by atoms with van der Waals surface area (Å²) in [4.78, 5) is 6.81. The van der Waals surface area contributed by atoms with E-state index in [1.807, 2.05) is 12.3 Å². The highest BCUT2D eigenvalue weighted by molar-refractivity contribution is 5.78. The molecule has 1 aromatic heterocycles. The lowest BCUT2D eigenvalue weighted by atomic mass is 10.1. The molecular weight excluding hydrogens is 222 g/mol. The molecule has 0 bridgehead atoms. The van der Waals surface area contributed by atoms with Crippen molar-refractivity contribution in [2.45, 2.75) is 32.0 Å². The molecule has 2 atom stereocenters. The Morgan fingerprint density at radius 2 is 2.28 bits per heavy atom. The summed E-state index contributed by atoms with van der Waals surface area (Å²) in [6, 6.07) is 11.4. The first-order valence-electron chi connectivity index (χ1n) is 6.57. The summed E-state index contributed by atoms with van der Waals surface area (Å²) in [6.07, 6.45) is 2.94. The van der Waals surface area contributed by atoms with Gasteiger partial charge in [0.05, 0.1) is 5.52 Å². The minimum Gasteiger partial charge on any atom is -0.326 e. The van der Waals surface area contributed by atoms with Gasteiger partial charge in [0, 0.05) is 36.8 Å². The predicted molar refractivity (Wildman–Crippen MR) is 74.2 cm³/mol. The molecule has 3 rings (SSSR count). The summed E-state index contributed by atoms with van der Waals surface area (Å²) >= 11 is 0. The third-order valence-corrected chi connectivity index (χ3v) is 4.00. The Labute approximate surface area is 108 Å². The van der Waals surface area contributed by atoms with Crippen molar-refractivity contribution in [3.8, 4) is 0 Å². The molecule has 0 saturated carbocycles. The van der Waals surface area contributed by atoms with Crippen LogP contribution < -0.4 is 5.73 Å². The third kappa shape index (κ3) is 2.11. The van der Waals surface area contributed by atoms with Crippen LogP contribution in [-0.4, -0.2) is 28.5 Å². The average molecular weight is 241 g/mol. The van der Waals surface area contributed by atoms with Crippen molar-refractivity contribution in [2.75, 3.05) is 6.54 Å². The number of pyridine rings is 1. The maximum absolute atomic E-state index is 6.06. The van der Waals surface area contributed by atoms with Crippen LogP contribution >= 0.6 is 0 Å². The maximum Gasteiger partial charge on any atom is 0.0702 e. The molecule has 94 valence electrons. The van der Waals surface area contributed by atoms with Crippen molar-refractivity contribution >= 4 is 10.9 Å². The van der Waals surface area contributed by atoms with Crippen LogP contribution in [0.3, 0.4) is 0 Å². The first kappa shape index (κ1) is 11.6. The van der Waals surface area contributed by atoms with E-state index < -0.39 is 0 Å². The van der Waals surface area contributed by atoms with Crippen LogP contribution in [0.1, 0.15) is 18.9 Å². The molecule has 18 heavy (non-hydrogen) atoms. The molecule has 0 spiro atoms. The van der Waals surface area contributed by atoms with Gasteiger partial charge in [0.2, 0.25) is 0 Å². The Bertz CT molecular complexity index is 552. The predicted octanol–water partition coefficient (Wildman–Crippen LogP) is 2.16. The summed E-state index contributed by atoms with van der Waals surface area (Å²) in [5.74, 6) is 0. The highest BCUT2D eigenvalue weighted by atomic mass is 15.2. The maximum atomic E-state index is 6.06. The van der Waals surface area contributed by atoms with E-state index in [4.69, 9.17) is 5.73 Å². The smallest absolute Gasteiger partial charge is 0.0702 e. The molecule has 2 heterocycles. The lowest BCUT2D eigenvalue weighted by Crippen LogP contribution is -2.36. The van der Waals surface area contributed by atoms with Crippen molar-refractivity contribution < 1.29 is 0 Å². The second kappa shape index (κ2) is 4.67. The van der Waals surface area contributed by atoms with Crippen LogP contribution in [0.5, 0.6) is 0 Å². The van der Waals surface area contributed by atoms with Crippen LogP contribution in [0.25, 0.3) is 10.9 Å². The molecule has 2 aromatic rings. The zero-order chi connectivity index (χ0) is 12.5. The van der Waals surface area contributed by atoms with Gasteiger partial charge in [-0.2, -0.15) is 0 Å². The highest BCUT2D eigenvalue weighted by Crippen LogP contribution is 2.20. The summed E-state index contributed by atoms with van der Waals surface area (Å²) < 4.78 is 0. The number of aromatic nitrogens is 1. The van der Waals surface area contributed by atoms with E-state index in [1.54, 1.807) is 0 Å². The lowest BCUT2D eigenvalue weighted by Gasteiger charge is -2.23. The van der Waals surface area contributed by atoms with Gasteiger partial charge in [-0.1, -0.05) is 12.1 Å². The number of likely N-dealkylation sites (tertiary alicyclic amines) is 1. The Hall–Kier alpha value is -1.45. The fourth-order valence-corrected chi connectivity index (χ4v) is 2.71. The molecule has 1 aromatic carbocycles. The van der Waals surface area contributed by atoms with Crippen molar-refractivity contribution in [3.63, 3.8) is 0 Å². The van der Waals surface area contributed by atoms with Crippen LogP contribution in [0.15, 0.2) is 36.5 Å². The van der Waals surface area contributed by atoms with Crippen molar-refractivity contribution in [3.05, 3.63) is 42.1 Å². The molecule has 1 aliphatic heterocycles. The highest BCUT2D eigenvalue weighted by Gasteiger charge is 2.27. The number of nitrogens with zero attached hydrogens (tertiary/aromatic N) is 2. The standard InChI is InChI=1S/C15H19N3/c1-11-14(16)6-8-18(11)10-12-4-5-15-13(9-12)3-2-7-17-15/h2-5,7,9,11,14H,6,8,10,16H2,1H3. The van der Waals surface area contributed by atoms with Gasteiger partial charge in [-0.3, -0.25) is 9.88 Å². The summed E-state index contributed by atoms with van der Waals surface area (Å²) in [6.45, 7) is 4.31. The van der Waals surface area contributed by atoms with Crippen molar-refractivity contribution in [1.29, 1.82) is 0 Å². The van der Waals surface area contributed by atoms with Crippen LogP contribution in [0.2, 0.25) is 0 Å². The number of fused-ring (bicyclic) bond motifs is 1. The summed E-state index contributed by atoms with van der Waals surface area (Å²) in [7, 11) is 0. The van der Waals surface area contributed by atoms with Crippen LogP contribution in [-0.2, 0) is 6.54 Å². The first-order valence-corrected chi connectivity index (χ1v) is 6.57. The number of hydrogen-bond acceptors (Lipinski definition) is 3. The second-order valence-electron chi connectivity index (χ2n) is 5.19. The molecule has 0 radical (unpaired) electrons. The zero-order valence-electron chi connectivity index (χ0n) is 10.7. The van der Waals surface area contributed by atoms with E-state index in [0.29, 0.717) is 12.1 Å². The van der Waals surface area contributed by atoms with Crippen molar-refractivity contribution in [2.24, 2.45) is 5.73 Å². The van der Waals surface area contributed by atoms with Gasteiger partial charge < -0.3 is 5.73 Å². The van der Waals surface area contributed by atoms with E-state index in [0.717, 1.165) is 25.0 Å². The lowest BCUT2D eigenvalue weighted by molar-refractivity contribution is 0.252. The van der Waals surface area contributed by atoms with Crippen LogP contribution in [0, 0.1) is 0 Å². The topological polar surface area (TPSA) is 42.1 Å². The molecule has 1 saturated heterocycles. The fourth-order valence-electron chi connectivity index (χ4n) is 2.71. The van der Waals surface area contributed by atoms with Gasteiger partial charge in [0.25, 0.3) is 0 Å². The normalized spacial score (nSPS) is 24.8. The summed E-state index contributed by atoms with van der Waals surface area (Å²) in [5, 5.41) is 1.21. The minimum atomic E-state index is 0.326. The Kier molecular flexibility index (Phi) is 3.02. The molecule has 1 aliphatic rings. The minimum absolute atomic E-state index is 0.326. The number of rotatable bonds is 2. The van der Waals surface area contributed by atoms with Gasteiger partial charge in [-0.05, 0) is 37.1 Å². The number of hydrogen-bond donors (Lipinski definition) is 1. The van der Waals surface area contributed by atoms with Crippen molar-refractivity contribution in [1.82, 2.24) is 9.88 Å². The van der Waals surface area contributed by atoms with Gasteiger partial charge >= 0.3 is 0 Å². The van der Waals surface area contributed by atoms with Crippen LogP contribution in [0.4, 0.5) is 0 Å². The molecular formula is C15H19N3. The van der Waals surface area contributed by atoms with Gasteiger partial charge in [0.15, 0.2) is 0 Å². The Morgan fingerprint density at radius 3 is 3.06 bits per heavy atom.